The maximum Gasteiger partial charge on any atom is 0.334 e. The Hall–Kier alpha value is -5.78. The van der Waals surface area contributed by atoms with Gasteiger partial charge in [0.2, 0.25) is 0 Å². The van der Waals surface area contributed by atoms with E-state index in [1.54, 1.807) is 12.2 Å². The predicted octanol–water partition coefficient (Wildman–Crippen LogP) is 6.85. The highest BCUT2D eigenvalue weighted by molar-refractivity contribution is 6.01. The number of hydrogen-bond donors (Lipinski definition) is 3. The molecule has 3 aromatic heterocycles. The zero-order valence-corrected chi connectivity index (χ0v) is 31.9. The number of carbonyl (C=O) groups excluding carboxylic acids is 3. The molecule has 2 aliphatic heterocycles. The van der Waals surface area contributed by atoms with Crippen molar-refractivity contribution in [2.45, 2.75) is 77.0 Å². The highest BCUT2D eigenvalue weighted by Crippen LogP contribution is 2.52. The zero-order chi connectivity index (χ0) is 39.3. The van der Waals surface area contributed by atoms with Gasteiger partial charge in [-0.05, 0) is 80.1 Å². The molecular formula is C42H46N4O8. The molecule has 0 aromatic carbocycles. The van der Waals surface area contributed by atoms with Crippen LogP contribution in [0.4, 0.5) is 0 Å². The van der Waals surface area contributed by atoms with Crippen molar-refractivity contribution in [3.05, 3.63) is 93.6 Å². The number of fused-ring (bicyclic) bond motifs is 11. The number of aryl methyl sites for hydroxylation is 3. The number of methoxy groups -OCH3 is 3. The molecule has 0 spiro atoms. The summed E-state index contributed by atoms with van der Waals surface area (Å²) in [5.74, 6) is -3.87. The maximum atomic E-state index is 13.7. The summed E-state index contributed by atoms with van der Waals surface area (Å²) in [4.78, 5) is 68.6. The maximum absolute atomic E-state index is 13.7. The monoisotopic (exact) mass is 734 g/mol. The molecule has 3 aliphatic rings. The fraction of sp³-hybridized carbons (Fsp3) is 0.381. The van der Waals surface area contributed by atoms with Crippen LogP contribution in [0.2, 0.25) is 0 Å². The van der Waals surface area contributed by atoms with Gasteiger partial charge in [0.15, 0.2) is 0 Å². The number of carbonyl (C=O) groups is 4. The Morgan fingerprint density at radius 1 is 0.852 bits per heavy atom. The van der Waals surface area contributed by atoms with E-state index in [0.717, 1.165) is 39.0 Å². The number of ether oxygens (including phenoxy) is 3. The number of aromatic amines is 2. The number of nitrogens with zero attached hydrogens (tertiary/aromatic N) is 2. The van der Waals surface area contributed by atoms with Crippen LogP contribution in [0.25, 0.3) is 33.7 Å². The lowest BCUT2D eigenvalue weighted by Crippen LogP contribution is -2.42. The quantitative estimate of drug-likeness (QED) is 0.156. The van der Waals surface area contributed by atoms with Gasteiger partial charge >= 0.3 is 23.9 Å². The van der Waals surface area contributed by atoms with Crippen molar-refractivity contribution >= 4 is 57.6 Å². The van der Waals surface area contributed by atoms with Crippen LogP contribution in [0.15, 0.2) is 48.6 Å². The Balaban J connectivity index is 1.78. The SMILES string of the molecule is C=Cc1c(C)c2cc3nc(cc4[nH]c(cc5nc(cc1[nH]2)C(C)(C)C5CCC(=O)O)c(CCC(=O)OC)c4C)C1(C)C3=CC=C(C(=O)OC)C1C(=O)OC. The van der Waals surface area contributed by atoms with Crippen LogP contribution >= 0.6 is 0 Å². The Bertz CT molecular complexity index is 2340. The number of carboxylic acid groups (broad SMARTS) is 1. The summed E-state index contributed by atoms with van der Waals surface area (Å²) < 4.78 is 15.4. The van der Waals surface area contributed by atoms with Crippen molar-refractivity contribution in [2.75, 3.05) is 21.3 Å². The Kier molecular flexibility index (Phi) is 10.00. The minimum Gasteiger partial charge on any atom is -0.481 e. The highest BCUT2D eigenvalue weighted by atomic mass is 16.5. The van der Waals surface area contributed by atoms with Crippen LogP contribution in [0.5, 0.6) is 0 Å². The summed E-state index contributed by atoms with van der Waals surface area (Å²) in [6.45, 7) is 14.1. The van der Waals surface area contributed by atoms with E-state index in [9.17, 15) is 24.3 Å². The molecule has 8 bridgehead atoms. The molecule has 3 N–H and O–H groups in total. The third kappa shape index (κ3) is 6.22. The molecule has 5 heterocycles. The molecule has 282 valence electrons. The number of allylic oxidation sites excluding steroid dienone is 3. The second-order valence-corrected chi connectivity index (χ2v) is 14.8. The third-order valence-corrected chi connectivity index (χ3v) is 11.5. The first kappa shape index (κ1) is 38.0. The number of hydrogen-bond acceptors (Lipinski definition) is 9. The Morgan fingerprint density at radius 3 is 2.19 bits per heavy atom. The largest absolute Gasteiger partial charge is 0.481 e. The van der Waals surface area contributed by atoms with Gasteiger partial charge in [-0.3, -0.25) is 24.4 Å². The Morgan fingerprint density at radius 2 is 1.54 bits per heavy atom. The highest BCUT2D eigenvalue weighted by Gasteiger charge is 2.53. The summed E-state index contributed by atoms with van der Waals surface area (Å²) >= 11 is 0. The molecule has 3 unspecified atom stereocenters. The lowest BCUT2D eigenvalue weighted by Gasteiger charge is -2.36. The second-order valence-electron chi connectivity index (χ2n) is 14.8. The molecule has 12 heteroatoms. The molecule has 6 rings (SSSR count). The zero-order valence-electron chi connectivity index (χ0n) is 31.9. The average Bonchev–Trinajstić information content (AvgIpc) is 3.77. The van der Waals surface area contributed by atoms with Gasteiger partial charge in [-0.25, -0.2) is 4.79 Å². The molecular weight excluding hydrogens is 688 g/mol. The number of aromatic nitrogens is 4. The van der Waals surface area contributed by atoms with Gasteiger partial charge in [-0.1, -0.05) is 38.7 Å². The molecule has 1 aliphatic carbocycles. The van der Waals surface area contributed by atoms with Crippen LogP contribution in [-0.2, 0) is 50.6 Å². The lowest BCUT2D eigenvalue weighted by atomic mass is 9.64. The first-order valence-electron chi connectivity index (χ1n) is 17.9. The standard InChI is InChI=1S/C42H46N4O8/c1-10-23-21(2)28-17-33-27-13-11-25(39(50)53-8)38(40(51)54-9)42(27,6)35(46-33)19-29-22(3)24(12-16-37(49)52-7)30(44-29)18-32-26(14-15-36(47)48)41(4,5)34(45-32)20-31(23)43-28/h10-11,13,17-20,26,38,43-44H,1,12,14-16H2,2-9H3,(H,47,48). The smallest absolute Gasteiger partial charge is 0.334 e. The van der Waals surface area contributed by atoms with E-state index in [0.29, 0.717) is 46.5 Å². The molecule has 0 amide bonds. The summed E-state index contributed by atoms with van der Waals surface area (Å²) in [5.41, 5.74) is 8.11. The number of esters is 3. The Labute approximate surface area is 313 Å². The van der Waals surface area contributed by atoms with Gasteiger partial charge in [-0.2, -0.15) is 0 Å². The second kappa shape index (κ2) is 14.2. The van der Waals surface area contributed by atoms with Gasteiger partial charge < -0.3 is 29.3 Å². The van der Waals surface area contributed by atoms with E-state index >= 15 is 0 Å². The van der Waals surface area contributed by atoms with Crippen molar-refractivity contribution in [3.8, 4) is 0 Å². The van der Waals surface area contributed by atoms with Gasteiger partial charge in [0.1, 0.15) is 5.92 Å². The molecule has 0 fully saturated rings. The van der Waals surface area contributed by atoms with Crippen LogP contribution < -0.4 is 0 Å². The van der Waals surface area contributed by atoms with Crippen molar-refractivity contribution < 1.29 is 38.5 Å². The van der Waals surface area contributed by atoms with Crippen LogP contribution in [0.3, 0.4) is 0 Å². The first-order chi connectivity index (χ1) is 25.6. The van der Waals surface area contributed by atoms with Gasteiger partial charge in [-0.15, -0.1) is 0 Å². The summed E-state index contributed by atoms with van der Waals surface area (Å²) in [7, 11) is 3.90. The fourth-order valence-electron chi connectivity index (χ4n) is 8.30. The summed E-state index contributed by atoms with van der Waals surface area (Å²) in [6, 6.07) is 7.75. The van der Waals surface area contributed by atoms with E-state index in [1.165, 1.54) is 21.3 Å². The number of rotatable bonds is 9. The number of nitrogens with one attached hydrogen (secondary N) is 2. The third-order valence-electron chi connectivity index (χ3n) is 11.5. The molecule has 54 heavy (non-hydrogen) atoms. The topological polar surface area (TPSA) is 174 Å². The van der Waals surface area contributed by atoms with E-state index < -0.39 is 34.7 Å². The number of aliphatic carboxylic acids is 1. The summed E-state index contributed by atoms with van der Waals surface area (Å²) in [6.07, 6.45) is 5.98. The van der Waals surface area contributed by atoms with E-state index in [1.807, 2.05) is 51.1 Å². The van der Waals surface area contributed by atoms with E-state index in [-0.39, 0.29) is 30.3 Å². The van der Waals surface area contributed by atoms with Gasteiger partial charge in [0, 0.05) is 63.2 Å². The number of H-pyrrole nitrogens is 2. The lowest BCUT2D eigenvalue weighted by molar-refractivity contribution is -0.149. The van der Waals surface area contributed by atoms with Crippen molar-refractivity contribution in [1.29, 1.82) is 0 Å². The van der Waals surface area contributed by atoms with Gasteiger partial charge in [0.05, 0.1) is 43.7 Å². The van der Waals surface area contributed by atoms with Crippen LogP contribution in [0.1, 0.15) is 91.0 Å². The molecule has 0 saturated heterocycles. The van der Waals surface area contributed by atoms with Crippen LogP contribution in [0, 0.1) is 19.8 Å². The fourth-order valence-corrected chi connectivity index (χ4v) is 8.30. The van der Waals surface area contributed by atoms with E-state index in [2.05, 4.69) is 30.4 Å². The molecule has 3 atom stereocenters. The van der Waals surface area contributed by atoms with Crippen molar-refractivity contribution in [1.82, 2.24) is 19.9 Å². The van der Waals surface area contributed by atoms with Gasteiger partial charge in [0.25, 0.3) is 0 Å². The first-order valence-corrected chi connectivity index (χ1v) is 17.9. The van der Waals surface area contributed by atoms with Crippen molar-refractivity contribution in [2.24, 2.45) is 5.92 Å². The molecule has 3 aromatic rings. The molecule has 0 radical (unpaired) electrons. The minimum atomic E-state index is -1.17. The van der Waals surface area contributed by atoms with Crippen molar-refractivity contribution in [3.63, 3.8) is 0 Å². The normalized spacial score (nSPS) is 19.9. The number of carboxylic acids is 1. The average molecular weight is 735 g/mol. The molecule has 0 saturated carbocycles. The minimum absolute atomic E-state index is 0.0406. The summed E-state index contributed by atoms with van der Waals surface area (Å²) in [5, 5.41) is 9.72. The van der Waals surface area contributed by atoms with Crippen LogP contribution in [-0.4, -0.2) is 70.2 Å². The molecule has 12 nitrogen and oxygen atoms in total. The predicted molar refractivity (Wildman–Crippen MR) is 204 cm³/mol. The van der Waals surface area contributed by atoms with E-state index in [4.69, 9.17) is 24.2 Å².